The van der Waals surface area contributed by atoms with E-state index in [-0.39, 0.29) is 18.6 Å². The lowest BCUT2D eigenvalue weighted by Gasteiger charge is -2.16. The third-order valence-corrected chi connectivity index (χ3v) is 5.62. The zero-order valence-electron chi connectivity index (χ0n) is 19.3. The molecule has 0 spiro atoms. The Kier molecular flexibility index (Phi) is 8.64. The van der Waals surface area contributed by atoms with Crippen LogP contribution in [0.15, 0.2) is 48.5 Å². The molecule has 0 saturated heterocycles. The van der Waals surface area contributed by atoms with Gasteiger partial charge in [0.25, 0.3) is 0 Å². The molecule has 0 aliphatic heterocycles. The minimum absolute atomic E-state index is 0.0445. The minimum atomic E-state index is -4.82. The van der Waals surface area contributed by atoms with Crippen LogP contribution in [0.1, 0.15) is 55.5 Å². The van der Waals surface area contributed by atoms with Gasteiger partial charge in [-0.25, -0.2) is 9.37 Å². The Bertz CT molecular complexity index is 1090. The Morgan fingerprint density at radius 2 is 1.53 bits per heavy atom. The van der Waals surface area contributed by atoms with Gasteiger partial charge in [-0.15, -0.1) is 0 Å². The van der Waals surface area contributed by atoms with E-state index in [1.165, 1.54) is 17.7 Å². The van der Waals surface area contributed by atoms with Gasteiger partial charge in [0.15, 0.2) is 11.6 Å². The summed E-state index contributed by atoms with van der Waals surface area (Å²) in [6.07, 6.45) is -1.50. The first-order valence-corrected chi connectivity index (χ1v) is 11.5. The molecule has 1 heterocycles. The maximum atomic E-state index is 14.6. The summed E-state index contributed by atoms with van der Waals surface area (Å²) in [7, 11) is 0. The predicted octanol–water partition coefficient (Wildman–Crippen LogP) is 7.96. The molecule has 0 fully saturated rings. The zero-order valence-corrected chi connectivity index (χ0v) is 19.3. The molecule has 0 aliphatic carbocycles. The lowest BCUT2D eigenvalue weighted by molar-refractivity contribution is -0.140. The molecule has 0 saturated carbocycles. The number of alkyl halides is 3. The summed E-state index contributed by atoms with van der Waals surface area (Å²) in [6.45, 7) is 3.75. The molecule has 34 heavy (non-hydrogen) atoms. The summed E-state index contributed by atoms with van der Waals surface area (Å²) in [4.78, 5) is 4.03. The number of halogens is 5. The fourth-order valence-electron chi connectivity index (χ4n) is 3.97. The summed E-state index contributed by atoms with van der Waals surface area (Å²) < 4.78 is 74.3. The van der Waals surface area contributed by atoms with E-state index in [0.717, 1.165) is 18.4 Å². The summed E-state index contributed by atoms with van der Waals surface area (Å²) >= 11 is 0. The molecule has 0 unspecified atom stereocenters. The van der Waals surface area contributed by atoms with E-state index < -0.39 is 29.3 Å². The van der Waals surface area contributed by atoms with Crippen LogP contribution in [0, 0.1) is 11.8 Å². The maximum absolute atomic E-state index is 14.6. The summed E-state index contributed by atoms with van der Waals surface area (Å²) in [5, 5.41) is 0. The normalized spacial score (nSPS) is 11.6. The Hall–Kier alpha value is -2.96. The van der Waals surface area contributed by atoms with E-state index in [1.807, 2.05) is 24.3 Å². The van der Waals surface area contributed by atoms with Crippen LogP contribution in [0.4, 0.5) is 22.0 Å². The van der Waals surface area contributed by atoms with Crippen molar-refractivity contribution >= 4 is 0 Å². The molecule has 0 radical (unpaired) electrons. The van der Waals surface area contributed by atoms with Gasteiger partial charge >= 0.3 is 6.18 Å². The maximum Gasteiger partial charge on any atom is 0.419 e. The van der Waals surface area contributed by atoms with E-state index in [4.69, 9.17) is 4.74 Å². The molecule has 3 rings (SSSR count). The first-order valence-electron chi connectivity index (χ1n) is 11.5. The van der Waals surface area contributed by atoms with Gasteiger partial charge in [-0.3, -0.25) is 0 Å². The van der Waals surface area contributed by atoms with Crippen molar-refractivity contribution in [1.82, 2.24) is 4.98 Å². The van der Waals surface area contributed by atoms with Gasteiger partial charge in [-0.05, 0) is 73.9 Å². The van der Waals surface area contributed by atoms with Crippen molar-refractivity contribution in [2.75, 3.05) is 6.61 Å². The molecule has 3 aromatic rings. The zero-order chi connectivity index (χ0) is 24.7. The number of aromatic nitrogens is 1. The van der Waals surface area contributed by atoms with E-state index in [1.54, 1.807) is 19.1 Å². The highest BCUT2D eigenvalue weighted by atomic mass is 19.4. The molecule has 0 N–H and O–H groups in total. The second-order valence-electron chi connectivity index (χ2n) is 8.14. The first-order chi connectivity index (χ1) is 16.2. The highest BCUT2D eigenvalue weighted by Crippen LogP contribution is 2.38. The van der Waals surface area contributed by atoms with Crippen molar-refractivity contribution in [3.63, 3.8) is 0 Å². The molecule has 2 aromatic carbocycles. The molecular weight excluding hydrogens is 449 g/mol. The SMILES string of the molecule is CCCc1ccc(-c2ccc(CCCCc3ccc(OCC)c(F)c3C(F)(F)F)nc2F)cc1. The number of pyridine rings is 1. The molecule has 0 aliphatic rings. The standard InChI is InChI=1S/C27H28F5NO/c1-3-7-18-10-12-19(13-11-18)22-16-15-21(33-26(22)29)9-6-5-8-20-14-17-23(34-4-2)25(28)24(20)27(30,31)32/h10-17H,3-9H2,1-2H3. The van der Waals surface area contributed by atoms with Crippen molar-refractivity contribution in [2.45, 2.75) is 58.5 Å². The molecule has 0 amide bonds. The second kappa shape index (κ2) is 11.4. The summed E-state index contributed by atoms with van der Waals surface area (Å²) in [6, 6.07) is 13.6. The first kappa shape index (κ1) is 25.7. The number of aryl methyl sites for hydroxylation is 3. The van der Waals surface area contributed by atoms with Crippen LogP contribution in [0.2, 0.25) is 0 Å². The quantitative estimate of drug-likeness (QED) is 0.168. The van der Waals surface area contributed by atoms with Gasteiger partial charge in [0, 0.05) is 11.3 Å². The van der Waals surface area contributed by atoms with Crippen LogP contribution in [0.3, 0.4) is 0 Å². The Morgan fingerprint density at radius 3 is 2.15 bits per heavy atom. The molecular formula is C27H28F5NO. The van der Waals surface area contributed by atoms with Crippen LogP contribution >= 0.6 is 0 Å². The number of hydrogen-bond acceptors (Lipinski definition) is 2. The third-order valence-electron chi connectivity index (χ3n) is 5.62. The van der Waals surface area contributed by atoms with Crippen molar-refractivity contribution in [1.29, 1.82) is 0 Å². The van der Waals surface area contributed by atoms with E-state index >= 15 is 0 Å². The monoisotopic (exact) mass is 477 g/mol. The fraction of sp³-hybridized carbons (Fsp3) is 0.370. The predicted molar refractivity (Wildman–Crippen MR) is 123 cm³/mol. The van der Waals surface area contributed by atoms with Crippen LogP contribution < -0.4 is 4.74 Å². The van der Waals surface area contributed by atoms with Crippen LogP contribution in [-0.2, 0) is 25.4 Å². The lowest BCUT2D eigenvalue weighted by Crippen LogP contribution is -2.14. The number of rotatable bonds is 10. The van der Waals surface area contributed by atoms with Crippen molar-refractivity contribution < 1.29 is 26.7 Å². The van der Waals surface area contributed by atoms with Gasteiger partial charge in [0.1, 0.15) is 0 Å². The minimum Gasteiger partial charge on any atom is -0.491 e. The molecule has 1 aromatic heterocycles. The fourth-order valence-corrected chi connectivity index (χ4v) is 3.97. The average Bonchev–Trinajstić information content (AvgIpc) is 2.79. The molecule has 182 valence electrons. The van der Waals surface area contributed by atoms with Crippen LogP contribution in [-0.4, -0.2) is 11.6 Å². The number of unbranched alkanes of at least 4 members (excludes halogenated alkanes) is 1. The second-order valence-corrected chi connectivity index (χ2v) is 8.14. The number of hydrogen-bond donors (Lipinski definition) is 0. The molecule has 0 atom stereocenters. The van der Waals surface area contributed by atoms with Gasteiger partial charge in [0.2, 0.25) is 5.95 Å². The van der Waals surface area contributed by atoms with E-state index in [2.05, 4.69) is 11.9 Å². The topological polar surface area (TPSA) is 22.1 Å². The van der Waals surface area contributed by atoms with E-state index in [9.17, 15) is 22.0 Å². The van der Waals surface area contributed by atoms with Gasteiger partial charge < -0.3 is 4.74 Å². The van der Waals surface area contributed by atoms with Crippen molar-refractivity contribution in [3.05, 3.63) is 82.7 Å². The molecule has 0 bridgehead atoms. The van der Waals surface area contributed by atoms with Gasteiger partial charge in [0.05, 0.1) is 12.2 Å². The number of ether oxygens (including phenoxy) is 1. The Morgan fingerprint density at radius 1 is 0.824 bits per heavy atom. The highest BCUT2D eigenvalue weighted by molar-refractivity contribution is 5.63. The molecule has 2 nitrogen and oxygen atoms in total. The third kappa shape index (κ3) is 6.33. The largest absolute Gasteiger partial charge is 0.491 e. The Labute approximate surface area is 196 Å². The van der Waals surface area contributed by atoms with Crippen molar-refractivity contribution in [2.24, 2.45) is 0 Å². The number of nitrogens with zero attached hydrogens (tertiary/aromatic N) is 1. The van der Waals surface area contributed by atoms with Crippen LogP contribution in [0.25, 0.3) is 11.1 Å². The van der Waals surface area contributed by atoms with E-state index in [0.29, 0.717) is 30.5 Å². The molecule has 7 heteroatoms. The highest BCUT2D eigenvalue weighted by Gasteiger charge is 2.38. The smallest absolute Gasteiger partial charge is 0.419 e. The lowest BCUT2D eigenvalue weighted by atomic mass is 9.99. The average molecular weight is 478 g/mol. The summed E-state index contributed by atoms with van der Waals surface area (Å²) in [5.74, 6) is -2.36. The summed E-state index contributed by atoms with van der Waals surface area (Å²) in [5.41, 5.74) is 1.47. The van der Waals surface area contributed by atoms with Crippen LogP contribution in [0.5, 0.6) is 5.75 Å². The van der Waals surface area contributed by atoms with Gasteiger partial charge in [-0.1, -0.05) is 43.7 Å². The number of benzene rings is 2. The van der Waals surface area contributed by atoms with Crippen molar-refractivity contribution in [3.8, 4) is 16.9 Å². The van der Waals surface area contributed by atoms with Gasteiger partial charge in [-0.2, -0.15) is 17.6 Å². The Balaban J connectivity index is 1.63.